The second-order valence-corrected chi connectivity index (χ2v) is 7.03. The summed E-state index contributed by atoms with van der Waals surface area (Å²) in [6.45, 7) is 1.11. The number of aromatic nitrogens is 1. The summed E-state index contributed by atoms with van der Waals surface area (Å²) in [4.78, 5) is 16.1. The van der Waals surface area contributed by atoms with Gasteiger partial charge in [0.15, 0.2) is 0 Å². The molecular weight excluding hydrogens is 350 g/mol. The Hall–Kier alpha value is -2.11. The lowest BCUT2D eigenvalue weighted by Crippen LogP contribution is -2.44. The molecule has 1 fully saturated rings. The number of nitrogens with one attached hydrogen (secondary N) is 2. The Balaban J connectivity index is 1.33. The van der Waals surface area contributed by atoms with Gasteiger partial charge in [-0.1, -0.05) is 23.7 Å². The van der Waals surface area contributed by atoms with E-state index in [1.165, 1.54) is 0 Å². The van der Waals surface area contributed by atoms with Crippen LogP contribution in [0.4, 0.5) is 4.79 Å². The third kappa shape index (κ3) is 6.00. The topological polar surface area (TPSA) is 63.2 Å². The first-order valence-electron chi connectivity index (χ1n) is 8.98. The van der Waals surface area contributed by atoms with Gasteiger partial charge in [-0.3, -0.25) is 4.98 Å². The quantitative estimate of drug-likeness (QED) is 0.802. The van der Waals surface area contributed by atoms with E-state index in [0.717, 1.165) is 36.8 Å². The average Bonchev–Trinajstić information content (AvgIpc) is 2.68. The third-order valence-electron chi connectivity index (χ3n) is 4.61. The fourth-order valence-corrected chi connectivity index (χ4v) is 3.21. The number of urea groups is 1. The van der Waals surface area contributed by atoms with E-state index in [4.69, 9.17) is 16.3 Å². The molecule has 2 N–H and O–H groups in total. The predicted molar refractivity (Wildman–Crippen MR) is 102 cm³/mol. The Morgan fingerprint density at radius 2 is 1.73 bits per heavy atom. The van der Waals surface area contributed by atoms with Crippen LogP contribution >= 0.6 is 11.6 Å². The van der Waals surface area contributed by atoms with Crippen LogP contribution in [-0.2, 0) is 17.9 Å². The molecule has 1 heterocycles. The maximum Gasteiger partial charge on any atom is 0.315 e. The number of halogens is 1. The van der Waals surface area contributed by atoms with Crippen molar-refractivity contribution in [2.75, 3.05) is 0 Å². The first kappa shape index (κ1) is 18.7. The summed E-state index contributed by atoms with van der Waals surface area (Å²) in [6, 6.07) is 11.5. The second kappa shape index (κ2) is 9.55. The van der Waals surface area contributed by atoms with Gasteiger partial charge in [0.1, 0.15) is 0 Å². The first-order chi connectivity index (χ1) is 12.7. The van der Waals surface area contributed by atoms with Gasteiger partial charge >= 0.3 is 6.03 Å². The number of rotatable bonds is 6. The Morgan fingerprint density at radius 1 is 1.04 bits per heavy atom. The monoisotopic (exact) mass is 373 g/mol. The van der Waals surface area contributed by atoms with Crippen molar-refractivity contribution in [3.8, 4) is 0 Å². The zero-order valence-corrected chi connectivity index (χ0v) is 15.4. The van der Waals surface area contributed by atoms with Crippen molar-refractivity contribution in [1.29, 1.82) is 0 Å². The van der Waals surface area contributed by atoms with Crippen molar-refractivity contribution < 1.29 is 9.53 Å². The van der Waals surface area contributed by atoms with Gasteiger partial charge < -0.3 is 15.4 Å². The number of amides is 2. The van der Waals surface area contributed by atoms with E-state index in [9.17, 15) is 4.79 Å². The molecule has 2 amide bonds. The van der Waals surface area contributed by atoms with E-state index < -0.39 is 0 Å². The summed E-state index contributed by atoms with van der Waals surface area (Å²) in [5.41, 5.74) is 2.17. The van der Waals surface area contributed by atoms with Crippen molar-refractivity contribution in [2.45, 2.75) is 51.0 Å². The van der Waals surface area contributed by atoms with Crippen LogP contribution in [0.5, 0.6) is 0 Å². The van der Waals surface area contributed by atoms with E-state index in [1.54, 1.807) is 12.4 Å². The van der Waals surface area contributed by atoms with Crippen molar-refractivity contribution >= 4 is 17.6 Å². The molecule has 138 valence electrons. The van der Waals surface area contributed by atoms with Crippen LogP contribution in [0, 0.1) is 0 Å². The van der Waals surface area contributed by atoms with Crippen molar-refractivity contribution in [2.24, 2.45) is 0 Å². The molecule has 5 nitrogen and oxygen atoms in total. The molecule has 0 spiro atoms. The van der Waals surface area contributed by atoms with Crippen LogP contribution in [0.1, 0.15) is 36.8 Å². The molecule has 1 saturated carbocycles. The lowest BCUT2D eigenvalue weighted by molar-refractivity contribution is 0.0120. The SMILES string of the molecule is O=C(NCc1ccc(Cl)cc1)NC1CCC(OCc2ccncc2)CC1. The largest absolute Gasteiger partial charge is 0.374 e. The molecule has 1 aromatic carbocycles. The fraction of sp³-hybridized carbons (Fsp3) is 0.400. The highest BCUT2D eigenvalue weighted by Crippen LogP contribution is 2.22. The molecule has 1 aliphatic carbocycles. The lowest BCUT2D eigenvalue weighted by atomic mass is 9.93. The minimum Gasteiger partial charge on any atom is -0.374 e. The number of carbonyl (C=O) groups is 1. The number of hydrogen-bond acceptors (Lipinski definition) is 3. The van der Waals surface area contributed by atoms with Gasteiger partial charge in [-0.25, -0.2) is 4.79 Å². The van der Waals surface area contributed by atoms with Crippen molar-refractivity contribution in [3.05, 3.63) is 64.9 Å². The summed E-state index contributed by atoms with van der Waals surface area (Å²) < 4.78 is 5.97. The van der Waals surface area contributed by atoms with Crippen molar-refractivity contribution in [3.63, 3.8) is 0 Å². The maximum absolute atomic E-state index is 12.1. The number of ether oxygens (including phenoxy) is 1. The van der Waals surface area contributed by atoms with Gasteiger partial charge in [-0.2, -0.15) is 0 Å². The van der Waals surface area contributed by atoms with Gasteiger partial charge in [0, 0.05) is 30.0 Å². The number of pyridine rings is 1. The molecule has 1 aliphatic rings. The second-order valence-electron chi connectivity index (χ2n) is 6.59. The van der Waals surface area contributed by atoms with E-state index in [0.29, 0.717) is 18.2 Å². The van der Waals surface area contributed by atoms with Crippen LogP contribution in [0.3, 0.4) is 0 Å². The highest BCUT2D eigenvalue weighted by molar-refractivity contribution is 6.30. The van der Waals surface area contributed by atoms with Crippen LogP contribution in [0.25, 0.3) is 0 Å². The molecule has 0 unspecified atom stereocenters. The minimum atomic E-state index is -0.124. The minimum absolute atomic E-state index is 0.124. The molecule has 0 aliphatic heterocycles. The van der Waals surface area contributed by atoms with E-state index >= 15 is 0 Å². The highest BCUT2D eigenvalue weighted by Gasteiger charge is 2.22. The number of nitrogens with zero attached hydrogens (tertiary/aromatic N) is 1. The average molecular weight is 374 g/mol. The van der Waals surface area contributed by atoms with Gasteiger partial charge in [-0.15, -0.1) is 0 Å². The molecule has 3 rings (SSSR count). The van der Waals surface area contributed by atoms with Crippen LogP contribution in [0.2, 0.25) is 5.02 Å². The normalized spacial score (nSPS) is 19.7. The van der Waals surface area contributed by atoms with Gasteiger partial charge in [-0.05, 0) is 61.1 Å². The molecule has 6 heteroatoms. The van der Waals surface area contributed by atoms with Crippen molar-refractivity contribution in [1.82, 2.24) is 15.6 Å². The maximum atomic E-state index is 12.1. The molecule has 0 radical (unpaired) electrons. The summed E-state index contributed by atoms with van der Waals surface area (Å²) in [6.07, 6.45) is 7.63. The summed E-state index contributed by atoms with van der Waals surface area (Å²) in [5.74, 6) is 0. The number of benzene rings is 1. The Labute approximate surface area is 159 Å². The molecular formula is C20H24ClN3O2. The van der Waals surface area contributed by atoms with E-state index in [1.807, 2.05) is 36.4 Å². The molecule has 1 aromatic heterocycles. The smallest absolute Gasteiger partial charge is 0.315 e. The third-order valence-corrected chi connectivity index (χ3v) is 4.86. The van der Waals surface area contributed by atoms with Crippen LogP contribution < -0.4 is 10.6 Å². The van der Waals surface area contributed by atoms with Gasteiger partial charge in [0.25, 0.3) is 0 Å². The van der Waals surface area contributed by atoms with E-state index in [-0.39, 0.29) is 18.2 Å². The zero-order valence-electron chi connectivity index (χ0n) is 14.7. The predicted octanol–water partition coefficient (Wildman–Crippen LogP) is 4.06. The molecule has 0 saturated heterocycles. The van der Waals surface area contributed by atoms with Gasteiger partial charge in [0.05, 0.1) is 12.7 Å². The Morgan fingerprint density at radius 3 is 2.42 bits per heavy atom. The van der Waals surface area contributed by atoms with E-state index in [2.05, 4.69) is 15.6 Å². The lowest BCUT2D eigenvalue weighted by Gasteiger charge is -2.29. The Kier molecular flexibility index (Phi) is 6.86. The Bertz CT molecular complexity index is 686. The summed E-state index contributed by atoms with van der Waals surface area (Å²) in [5, 5.41) is 6.64. The number of hydrogen-bond donors (Lipinski definition) is 2. The molecule has 0 atom stereocenters. The van der Waals surface area contributed by atoms with Crippen LogP contribution in [-0.4, -0.2) is 23.2 Å². The summed E-state index contributed by atoms with van der Waals surface area (Å²) >= 11 is 5.86. The highest BCUT2D eigenvalue weighted by atomic mass is 35.5. The molecule has 26 heavy (non-hydrogen) atoms. The van der Waals surface area contributed by atoms with Crippen LogP contribution in [0.15, 0.2) is 48.8 Å². The summed E-state index contributed by atoms with van der Waals surface area (Å²) in [7, 11) is 0. The fourth-order valence-electron chi connectivity index (χ4n) is 3.09. The molecule has 0 bridgehead atoms. The van der Waals surface area contributed by atoms with Gasteiger partial charge in [0.2, 0.25) is 0 Å². The standard InChI is InChI=1S/C20H24ClN3O2/c21-17-3-1-15(2-4-17)13-23-20(25)24-18-5-7-19(8-6-18)26-14-16-9-11-22-12-10-16/h1-4,9-12,18-19H,5-8,13-14H2,(H2,23,24,25). The zero-order chi connectivity index (χ0) is 18.2. The first-order valence-corrected chi connectivity index (χ1v) is 9.36. The number of carbonyl (C=O) groups excluding carboxylic acids is 1. The molecule has 2 aromatic rings.